The number of unbranched alkanes of at least 4 members (excludes halogenated alkanes) is 26. The lowest BCUT2D eigenvalue weighted by Crippen LogP contribution is -2.14. The van der Waals surface area contributed by atoms with Crippen molar-refractivity contribution in [2.45, 2.75) is 200 Å². The van der Waals surface area contributed by atoms with Gasteiger partial charge in [-0.1, -0.05) is 192 Å². The zero-order valence-corrected chi connectivity index (χ0v) is 30.7. The molecule has 45 heavy (non-hydrogen) atoms. The van der Waals surface area contributed by atoms with Crippen LogP contribution in [-0.4, -0.2) is 13.1 Å². The Hall–Kier alpha value is -1.70. The number of allylic oxidation sites excluding steroid dienone is 5. The summed E-state index contributed by atoms with van der Waals surface area (Å²) in [6.45, 7) is 20.3. The van der Waals surface area contributed by atoms with E-state index in [0.29, 0.717) is 0 Å². The van der Waals surface area contributed by atoms with Crippen molar-refractivity contribution in [1.82, 2.24) is 10.6 Å². The summed E-state index contributed by atoms with van der Waals surface area (Å²) in [4.78, 5) is 0. The fraction of sp³-hybridized carbons (Fsp3) is 0.767. The second-order valence-corrected chi connectivity index (χ2v) is 13.7. The molecule has 0 amide bonds. The van der Waals surface area contributed by atoms with Crippen molar-refractivity contribution in [1.29, 1.82) is 0 Å². The third kappa shape index (κ3) is 36.6. The molecule has 0 aliphatic rings. The Morgan fingerprint density at radius 2 is 0.800 bits per heavy atom. The van der Waals surface area contributed by atoms with Crippen molar-refractivity contribution in [3.63, 3.8) is 0 Å². The molecular formula is C43H80N2. The summed E-state index contributed by atoms with van der Waals surface area (Å²) in [5.74, 6) is 0. The van der Waals surface area contributed by atoms with Crippen LogP contribution in [0.5, 0.6) is 0 Å². The van der Waals surface area contributed by atoms with E-state index in [4.69, 9.17) is 0 Å². The van der Waals surface area contributed by atoms with Gasteiger partial charge in [-0.2, -0.15) is 0 Å². The van der Waals surface area contributed by atoms with Crippen molar-refractivity contribution in [2.75, 3.05) is 13.1 Å². The molecule has 0 spiro atoms. The maximum Gasteiger partial charge on any atom is 0.0267 e. The molecule has 0 fully saturated rings. The van der Waals surface area contributed by atoms with Gasteiger partial charge in [-0.15, -0.1) is 6.58 Å². The van der Waals surface area contributed by atoms with E-state index >= 15 is 0 Å². The first-order chi connectivity index (χ1) is 22.1. The van der Waals surface area contributed by atoms with E-state index < -0.39 is 0 Å². The van der Waals surface area contributed by atoms with Crippen LogP contribution in [0.2, 0.25) is 0 Å². The maximum absolute atomic E-state index is 4.22. The summed E-state index contributed by atoms with van der Waals surface area (Å²) in [7, 11) is 0. The van der Waals surface area contributed by atoms with Gasteiger partial charge in [0.25, 0.3) is 0 Å². The molecule has 0 atom stereocenters. The molecule has 2 nitrogen and oxygen atoms in total. The fourth-order valence-electron chi connectivity index (χ4n) is 5.94. The van der Waals surface area contributed by atoms with E-state index in [-0.39, 0.29) is 0 Å². The third-order valence-electron chi connectivity index (χ3n) is 9.19. The second-order valence-electron chi connectivity index (χ2n) is 13.7. The molecule has 0 aromatic rings. The molecule has 0 rings (SSSR count). The highest BCUT2D eigenvalue weighted by Gasteiger charge is 1.98. The van der Waals surface area contributed by atoms with Gasteiger partial charge in [0.05, 0.1) is 0 Å². The van der Waals surface area contributed by atoms with Crippen molar-refractivity contribution in [3.8, 4) is 0 Å². The molecule has 0 aliphatic heterocycles. The van der Waals surface area contributed by atoms with Crippen LogP contribution >= 0.6 is 0 Å². The van der Waals surface area contributed by atoms with Crippen LogP contribution in [-0.2, 0) is 0 Å². The lowest BCUT2D eigenvalue weighted by molar-refractivity contribution is 0.516. The number of nitrogens with one attached hydrogen (secondary N) is 2. The van der Waals surface area contributed by atoms with Gasteiger partial charge in [-0.25, -0.2) is 0 Å². The highest BCUT2D eigenvalue weighted by Crippen LogP contribution is 2.16. The van der Waals surface area contributed by atoms with Crippen molar-refractivity contribution in [3.05, 3.63) is 61.5 Å². The lowest BCUT2D eigenvalue weighted by atomic mass is 10.0. The standard InChI is InChI=1S/C43H80N2/c1-6-8-9-10-11-12-13-14-15-16-17-18-19-20-21-22-23-24-25-26-27-28-29-30-31-34-39-44-42(4)36-33-32-35-40-45-43(5)38-37-41(3)7-2/h6,37-38,44-45H,1,3-5,7-36,39-40H2,2H3/b38-37-. The smallest absolute Gasteiger partial charge is 0.0267 e. The molecule has 262 valence electrons. The second kappa shape index (κ2) is 36.8. The van der Waals surface area contributed by atoms with Crippen LogP contribution < -0.4 is 10.6 Å². The third-order valence-corrected chi connectivity index (χ3v) is 9.19. The Morgan fingerprint density at radius 3 is 1.20 bits per heavy atom. The Morgan fingerprint density at radius 1 is 0.444 bits per heavy atom. The Kier molecular flexibility index (Phi) is 35.4. The highest BCUT2D eigenvalue weighted by atomic mass is 14.9. The average molecular weight is 625 g/mol. The van der Waals surface area contributed by atoms with Crippen molar-refractivity contribution in [2.24, 2.45) is 0 Å². The topological polar surface area (TPSA) is 24.1 Å². The molecule has 0 radical (unpaired) electrons. The summed E-state index contributed by atoms with van der Waals surface area (Å²) >= 11 is 0. The van der Waals surface area contributed by atoms with E-state index in [2.05, 4.69) is 49.9 Å². The van der Waals surface area contributed by atoms with E-state index in [9.17, 15) is 0 Å². The molecule has 0 aromatic carbocycles. The average Bonchev–Trinajstić information content (AvgIpc) is 3.04. The van der Waals surface area contributed by atoms with E-state index in [0.717, 1.165) is 37.2 Å². The van der Waals surface area contributed by atoms with Gasteiger partial charge in [0.15, 0.2) is 0 Å². The number of hydrogen-bond acceptors (Lipinski definition) is 2. The summed E-state index contributed by atoms with van der Waals surface area (Å²) in [6, 6.07) is 0. The Labute approximate surface area is 284 Å². The fourth-order valence-corrected chi connectivity index (χ4v) is 5.94. The number of rotatable bonds is 38. The summed E-state index contributed by atoms with van der Waals surface area (Å²) in [5.41, 5.74) is 3.33. The van der Waals surface area contributed by atoms with Crippen LogP contribution in [0.4, 0.5) is 0 Å². The van der Waals surface area contributed by atoms with Gasteiger partial charge < -0.3 is 10.6 Å². The van der Waals surface area contributed by atoms with Crippen LogP contribution in [0.15, 0.2) is 61.5 Å². The van der Waals surface area contributed by atoms with Gasteiger partial charge in [-0.05, 0) is 51.0 Å². The van der Waals surface area contributed by atoms with Gasteiger partial charge in [0.2, 0.25) is 0 Å². The van der Waals surface area contributed by atoms with Crippen molar-refractivity contribution < 1.29 is 0 Å². The normalized spacial score (nSPS) is 11.2. The molecule has 0 aliphatic carbocycles. The van der Waals surface area contributed by atoms with Gasteiger partial charge >= 0.3 is 0 Å². The minimum atomic E-state index is 0.977. The predicted octanol–water partition coefficient (Wildman–Crippen LogP) is 14.2. The molecule has 2 heteroatoms. The molecule has 0 heterocycles. The van der Waals surface area contributed by atoms with Crippen LogP contribution in [0.3, 0.4) is 0 Å². The molecule has 0 aromatic heterocycles. The molecular weight excluding hydrogens is 544 g/mol. The lowest BCUT2D eigenvalue weighted by Gasteiger charge is -2.10. The van der Waals surface area contributed by atoms with Crippen LogP contribution in [0.25, 0.3) is 0 Å². The largest absolute Gasteiger partial charge is 0.389 e. The summed E-state index contributed by atoms with van der Waals surface area (Å²) in [6.07, 6.45) is 47.5. The Bertz CT molecular complexity index is 703. The first kappa shape index (κ1) is 43.3. The molecule has 0 saturated heterocycles. The zero-order chi connectivity index (χ0) is 32.9. The Balaban J connectivity index is 3.21. The van der Waals surface area contributed by atoms with Crippen LogP contribution in [0, 0.1) is 0 Å². The van der Waals surface area contributed by atoms with Crippen LogP contribution in [0.1, 0.15) is 200 Å². The molecule has 2 N–H and O–H groups in total. The predicted molar refractivity (Wildman–Crippen MR) is 207 cm³/mol. The van der Waals surface area contributed by atoms with E-state index in [1.165, 1.54) is 185 Å². The molecule has 0 saturated carbocycles. The van der Waals surface area contributed by atoms with Gasteiger partial charge in [0.1, 0.15) is 0 Å². The maximum atomic E-state index is 4.22. The van der Waals surface area contributed by atoms with Gasteiger partial charge in [0, 0.05) is 24.5 Å². The minimum Gasteiger partial charge on any atom is -0.389 e. The molecule has 0 unspecified atom stereocenters. The summed E-state index contributed by atoms with van der Waals surface area (Å²) in [5, 5.41) is 6.94. The van der Waals surface area contributed by atoms with E-state index in [1.54, 1.807) is 0 Å². The van der Waals surface area contributed by atoms with Gasteiger partial charge in [-0.3, -0.25) is 0 Å². The van der Waals surface area contributed by atoms with E-state index in [1.807, 2.05) is 12.2 Å². The van der Waals surface area contributed by atoms with Crippen molar-refractivity contribution >= 4 is 0 Å². The SMILES string of the molecule is C=CCCCCCCCCCCCCCCCCCCCCCCCCCCNC(=C)CCCCCNC(=C)/C=C\C(=C)CC. The minimum absolute atomic E-state index is 0.977. The highest BCUT2D eigenvalue weighted by molar-refractivity contribution is 5.22. The summed E-state index contributed by atoms with van der Waals surface area (Å²) < 4.78 is 0. The molecule has 0 bridgehead atoms. The number of hydrogen-bond donors (Lipinski definition) is 2. The first-order valence-corrected chi connectivity index (χ1v) is 19.9. The zero-order valence-electron chi connectivity index (χ0n) is 30.7. The monoisotopic (exact) mass is 625 g/mol. The first-order valence-electron chi connectivity index (χ1n) is 19.9. The quantitative estimate of drug-likeness (QED) is 0.0406.